The Kier molecular flexibility index (Phi) is 6.00. The average molecular weight is 330 g/mol. The summed E-state index contributed by atoms with van der Waals surface area (Å²) in [5.74, 6) is 0.851. The van der Waals surface area contributed by atoms with Crippen LogP contribution in [0.15, 0.2) is 22.7 Å². The summed E-state index contributed by atoms with van der Waals surface area (Å²) in [6.45, 7) is 11.8. The molecule has 19 heavy (non-hydrogen) atoms. The molecule has 0 saturated heterocycles. The van der Waals surface area contributed by atoms with Crippen molar-refractivity contribution in [2.45, 2.75) is 46.6 Å². The van der Waals surface area contributed by atoms with Gasteiger partial charge >= 0.3 is 0 Å². The molecule has 0 amide bonds. The maximum Gasteiger partial charge on any atom is 0.127 e. The summed E-state index contributed by atoms with van der Waals surface area (Å²) in [6, 6.07) is 5.34. The van der Waals surface area contributed by atoms with Crippen molar-refractivity contribution in [3.63, 3.8) is 0 Å². The van der Waals surface area contributed by atoms with Crippen LogP contribution in [0.5, 0.6) is 0 Å². The lowest BCUT2D eigenvalue weighted by Crippen LogP contribution is -2.40. The van der Waals surface area contributed by atoms with Gasteiger partial charge in [0.25, 0.3) is 0 Å². The van der Waals surface area contributed by atoms with Crippen LogP contribution in [-0.4, -0.2) is 12.1 Å². The van der Waals surface area contributed by atoms with Gasteiger partial charge in [-0.2, -0.15) is 0 Å². The van der Waals surface area contributed by atoms with E-state index < -0.39 is 0 Å². The lowest BCUT2D eigenvalue weighted by Gasteiger charge is -2.27. The van der Waals surface area contributed by atoms with Crippen LogP contribution >= 0.6 is 15.9 Å². The monoisotopic (exact) mass is 329 g/mol. The molecule has 108 valence electrons. The van der Waals surface area contributed by atoms with E-state index in [0.29, 0.717) is 11.8 Å². The molecule has 1 aromatic rings. The van der Waals surface area contributed by atoms with Gasteiger partial charge in [0, 0.05) is 10.0 Å². The molecular weight excluding hydrogens is 305 g/mol. The Hall–Kier alpha value is -0.410. The first-order chi connectivity index (χ1) is 8.69. The van der Waals surface area contributed by atoms with Gasteiger partial charge in [0.1, 0.15) is 5.82 Å². The third-order valence-corrected chi connectivity index (χ3v) is 3.83. The van der Waals surface area contributed by atoms with Crippen LogP contribution in [0, 0.1) is 17.7 Å². The smallest absolute Gasteiger partial charge is 0.127 e. The Labute approximate surface area is 125 Å². The van der Waals surface area contributed by atoms with Gasteiger partial charge in [-0.25, -0.2) is 4.39 Å². The van der Waals surface area contributed by atoms with Gasteiger partial charge in [0.2, 0.25) is 0 Å². The highest BCUT2D eigenvalue weighted by atomic mass is 79.9. The molecule has 1 aromatic carbocycles. The van der Waals surface area contributed by atoms with Crippen molar-refractivity contribution in [2.75, 3.05) is 6.54 Å². The van der Waals surface area contributed by atoms with Gasteiger partial charge < -0.3 is 5.32 Å². The summed E-state index contributed by atoms with van der Waals surface area (Å²) in [5, 5.41) is 3.52. The van der Waals surface area contributed by atoms with Crippen LogP contribution in [0.1, 0.15) is 40.2 Å². The molecule has 0 radical (unpaired) electrons. The van der Waals surface area contributed by atoms with Gasteiger partial charge in [-0.1, -0.05) is 35.8 Å². The fourth-order valence-corrected chi connectivity index (χ4v) is 2.28. The van der Waals surface area contributed by atoms with Crippen molar-refractivity contribution in [1.82, 2.24) is 5.32 Å². The van der Waals surface area contributed by atoms with E-state index >= 15 is 0 Å². The van der Waals surface area contributed by atoms with Crippen LogP contribution in [0.4, 0.5) is 4.39 Å². The zero-order chi connectivity index (χ0) is 14.6. The number of nitrogens with one attached hydrogen (secondary N) is 1. The van der Waals surface area contributed by atoms with E-state index in [2.05, 4.69) is 55.9 Å². The van der Waals surface area contributed by atoms with Crippen molar-refractivity contribution in [3.05, 3.63) is 34.1 Å². The molecule has 0 aromatic heterocycles. The second-order valence-corrected chi connectivity index (χ2v) is 7.49. The van der Waals surface area contributed by atoms with Crippen LogP contribution in [0.3, 0.4) is 0 Å². The molecule has 1 unspecified atom stereocenters. The number of hydrogen-bond donors (Lipinski definition) is 1. The number of rotatable bonds is 5. The summed E-state index contributed by atoms with van der Waals surface area (Å²) in [4.78, 5) is 0. The molecule has 0 bridgehead atoms. The summed E-state index contributed by atoms with van der Waals surface area (Å²) < 4.78 is 14.7. The predicted octanol–water partition coefficient (Wildman–Crippen LogP) is 4.79. The van der Waals surface area contributed by atoms with E-state index in [4.69, 9.17) is 0 Å². The highest BCUT2D eigenvalue weighted by Crippen LogP contribution is 2.22. The lowest BCUT2D eigenvalue weighted by molar-refractivity contribution is 0.310. The van der Waals surface area contributed by atoms with E-state index in [-0.39, 0.29) is 11.4 Å². The number of hydrogen-bond acceptors (Lipinski definition) is 1. The minimum atomic E-state index is -0.115. The molecule has 1 atom stereocenters. The summed E-state index contributed by atoms with van der Waals surface area (Å²) in [6.07, 6.45) is 0.778. The van der Waals surface area contributed by atoms with Gasteiger partial charge in [0.05, 0.1) is 0 Å². The van der Waals surface area contributed by atoms with E-state index in [1.165, 1.54) is 0 Å². The maximum atomic E-state index is 13.9. The largest absolute Gasteiger partial charge is 0.312 e. The van der Waals surface area contributed by atoms with Gasteiger partial charge in [-0.05, 0) is 63.3 Å². The molecule has 0 aliphatic rings. The van der Waals surface area contributed by atoms with E-state index in [1.54, 1.807) is 6.07 Å². The van der Waals surface area contributed by atoms with E-state index in [1.807, 2.05) is 12.1 Å². The van der Waals surface area contributed by atoms with Crippen molar-refractivity contribution in [3.8, 4) is 0 Å². The van der Waals surface area contributed by atoms with Crippen LogP contribution < -0.4 is 5.32 Å². The molecule has 0 aliphatic heterocycles. The zero-order valence-electron chi connectivity index (χ0n) is 12.6. The zero-order valence-corrected chi connectivity index (χ0v) is 14.1. The molecule has 1 nitrogen and oxygen atoms in total. The Balaban J connectivity index is 2.73. The first-order valence-electron chi connectivity index (χ1n) is 6.88. The third kappa shape index (κ3) is 6.05. The second-order valence-electron chi connectivity index (χ2n) is 6.57. The molecule has 3 heteroatoms. The van der Waals surface area contributed by atoms with Crippen molar-refractivity contribution in [2.24, 2.45) is 11.8 Å². The molecule has 0 fully saturated rings. The second kappa shape index (κ2) is 6.85. The lowest BCUT2D eigenvalue weighted by atomic mass is 9.88. The van der Waals surface area contributed by atoms with Crippen LogP contribution in [0.2, 0.25) is 0 Å². The minimum absolute atomic E-state index is 0.103. The minimum Gasteiger partial charge on any atom is -0.312 e. The summed E-state index contributed by atoms with van der Waals surface area (Å²) >= 11 is 3.30. The van der Waals surface area contributed by atoms with Crippen molar-refractivity contribution < 1.29 is 4.39 Å². The standard InChI is InChI=1S/C16H25BrFN/c1-11(2)13(10-19-16(3,4)5)8-12-6-7-14(17)9-15(12)18/h6-7,9,11,13,19H,8,10H2,1-5H3. The highest BCUT2D eigenvalue weighted by molar-refractivity contribution is 9.10. The fourth-order valence-electron chi connectivity index (χ4n) is 1.95. The summed E-state index contributed by atoms with van der Waals surface area (Å²) in [5.41, 5.74) is 0.906. The number of benzene rings is 1. The first-order valence-corrected chi connectivity index (χ1v) is 7.67. The Bertz CT molecular complexity index is 410. The molecule has 0 aliphatic carbocycles. The predicted molar refractivity (Wildman–Crippen MR) is 83.9 cm³/mol. The Morgan fingerprint density at radius 3 is 2.37 bits per heavy atom. The van der Waals surface area contributed by atoms with Crippen molar-refractivity contribution in [1.29, 1.82) is 0 Å². The molecule has 0 heterocycles. The van der Waals surface area contributed by atoms with Crippen LogP contribution in [0.25, 0.3) is 0 Å². The Morgan fingerprint density at radius 1 is 1.26 bits per heavy atom. The van der Waals surface area contributed by atoms with E-state index in [0.717, 1.165) is 23.0 Å². The van der Waals surface area contributed by atoms with Crippen molar-refractivity contribution >= 4 is 15.9 Å². The van der Waals surface area contributed by atoms with Gasteiger partial charge in [-0.3, -0.25) is 0 Å². The normalized spacial score (nSPS) is 13.9. The third-order valence-electron chi connectivity index (χ3n) is 3.33. The molecular formula is C16H25BrFN. The van der Waals surface area contributed by atoms with Gasteiger partial charge in [-0.15, -0.1) is 0 Å². The molecule has 0 spiro atoms. The van der Waals surface area contributed by atoms with Crippen LogP contribution in [-0.2, 0) is 6.42 Å². The quantitative estimate of drug-likeness (QED) is 0.818. The van der Waals surface area contributed by atoms with Gasteiger partial charge in [0.15, 0.2) is 0 Å². The SMILES string of the molecule is CC(C)C(CNC(C)(C)C)Cc1ccc(Br)cc1F. The highest BCUT2D eigenvalue weighted by Gasteiger charge is 2.19. The maximum absolute atomic E-state index is 13.9. The number of halogens is 2. The molecule has 0 saturated carbocycles. The molecule has 1 N–H and O–H groups in total. The summed E-state index contributed by atoms with van der Waals surface area (Å²) in [7, 11) is 0. The topological polar surface area (TPSA) is 12.0 Å². The fraction of sp³-hybridized carbons (Fsp3) is 0.625. The first kappa shape index (κ1) is 16.6. The average Bonchev–Trinajstić information content (AvgIpc) is 2.24. The van der Waals surface area contributed by atoms with E-state index in [9.17, 15) is 4.39 Å². The molecule has 1 rings (SSSR count). The Morgan fingerprint density at radius 2 is 1.89 bits per heavy atom.